The molecule has 0 spiro atoms. The lowest BCUT2D eigenvalue weighted by Crippen LogP contribution is -2.51. The van der Waals surface area contributed by atoms with Crippen molar-refractivity contribution in [3.63, 3.8) is 0 Å². The number of aromatic nitrogens is 1. The Hall–Kier alpha value is -1.73. The van der Waals surface area contributed by atoms with E-state index >= 15 is 0 Å². The summed E-state index contributed by atoms with van der Waals surface area (Å²) in [5.41, 5.74) is 0.656. The summed E-state index contributed by atoms with van der Waals surface area (Å²) in [7, 11) is 1.64. The van der Waals surface area contributed by atoms with Gasteiger partial charge in [-0.05, 0) is 6.07 Å². The molecule has 0 aliphatic carbocycles. The van der Waals surface area contributed by atoms with E-state index < -0.39 is 0 Å². The molecule has 22 heavy (non-hydrogen) atoms. The molecular formula is C15H21FN4O2. The molecule has 6 nitrogen and oxygen atoms in total. The van der Waals surface area contributed by atoms with Gasteiger partial charge in [0.05, 0.1) is 18.8 Å². The van der Waals surface area contributed by atoms with Crippen molar-refractivity contribution in [2.45, 2.75) is 12.6 Å². The van der Waals surface area contributed by atoms with Crippen LogP contribution in [0.3, 0.4) is 0 Å². The van der Waals surface area contributed by atoms with E-state index in [1.54, 1.807) is 19.4 Å². The van der Waals surface area contributed by atoms with Crippen LogP contribution in [0.5, 0.6) is 0 Å². The monoisotopic (exact) mass is 308 g/mol. The number of halogens is 1. The van der Waals surface area contributed by atoms with Gasteiger partial charge in [-0.15, -0.1) is 0 Å². The number of urea groups is 1. The van der Waals surface area contributed by atoms with E-state index in [0.29, 0.717) is 31.8 Å². The maximum Gasteiger partial charge on any atom is 0.320 e. The Kier molecular flexibility index (Phi) is 4.54. The first-order valence-corrected chi connectivity index (χ1v) is 7.54. The van der Waals surface area contributed by atoms with Crippen LogP contribution >= 0.6 is 0 Å². The minimum Gasteiger partial charge on any atom is -0.383 e. The standard InChI is InChI=1S/C15H21FN4O2/c1-22-7-6-19-11-13-10-18(4-5-20(13)15(19)21)9-12-2-3-17-8-14(12)16/h2-3,8,13H,4-7,9-11H2,1H3/t13-/m1/s1. The molecule has 2 amide bonds. The first-order valence-electron chi connectivity index (χ1n) is 7.54. The van der Waals surface area contributed by atoms with Gasteiger partial charge < -0.3 is 14.5 Å². The summed E-state index contributed by atoms with van der Waals surface area (Å²) >= 11 is 0. The third kappa shape index (κ3) is 3.05. The number of hydrogen-bond donors (Lipinski definition) is 0. The van der Waals surface area contributed by atoms with Gasteiger partial charge in [-0.25, -0.2) is 9.18 Å². The fraction of sp³-hybridized carbons (Fsp3) is 0.600. The largest absolute Gasteiger partial charge is 0.383 e. The molecule has 2 aliphatic heterocycles. The zero-order valence-corrected chi connectivity index (χ0v) is 12.7. The fourth-order valence-corrected chi connectivity index (χ4v) is 3.15. The maximum atomic E-state index is 13.7. The van der Waals surface area contributed by atoms with Crippen LogP contribution in [0.4, 0.5) is 9.18 Å². The Morgan fingerprint density at radius 3 is 3.05 bits per heavy atom. The van der Waals surface area contributed by atoms with Gasteiger partial charge in [0.15, 0.2) is 0 Å². The second kappa shape index (κ2) is 6.58. The third-order valence-electron chi connectivity index (χ3n) is 4.33. The summed E-state index contributed by atoms with van der Waals surface area (Å²) in [6.45, 7) is 4.70. The van der Waals surface area contributed by atoms with E-state index in [0.717, 1.165) is 19.6 Å². The molecule has 1 aromatic rings. The molecule has 0 unspecified atom stereocenters. The highest BCUT2D eigenvalue weighted by Gasteiger charge is 2.40. The van der Waals surface area contributed by atoms with Crippen LogP contribution in [0.1, 0.15) is 5.56 Å². The number of hydrogen-bond acceptors (Lipinski definition) is 4. The molecule has 3 rings (SSSR count). The topological polar surface area (TPSA) is 48.9 Å². The molecule has 7 heteroatoms. The number of piperazine rings is 1. The summed E-state index contributed by atoms with van der Waals surface area (Å²) < 4.78 is 18.7. The molecule has 0 bridgehead atoms. The van der Waals surface area contributed by atoms with Crippen molar-refractivity contribution in [1.29, 1.82) is 0 Å². The Labute approximate surface area is 129 Å². The molecule has 0 radical (unpaired) electrons. The summed E-state index contributed by atoms with van der Waals surface area (Å²) in [6.07, 6.45) is 2.86. The van der Waals surface area contributed by atoms with Gasteiger partial charge in [-0.3, -0.25) is 9.88 Å². The SMILES string of the molecule is COCCN1C[C@H]2CN(Cc3ccncc3F)CCN2C1=O. The van der Waals surface area contributed by atoms with Crippen molar-refractivity contribution in [3.8, 4) is 0 Å². The Morgan fingerprint density at radius 2 is 2.27 bits per heavy atom. The van der Waals surface area contributed by atoms with Crippen LogP contribution < -0.4 is 0 Å². The molecule has 120 valence electrons. The quantitative estimate of drug-likeness (QED) is 0.807. The van der Waals surface area contributed by atoms with Crippen molar-refractivity contribution < 1.29 is 13.9 Å². The second-order valence-corrected chi connectivity index (χ2v) is 5.77. The van der Waals surface area contributed by atoms with E-state index in [4.69, 9.17) is 4.74 Å². The zero-order chi connectivity index (χ0) is 15.5. The van der Waals surface area contributed by atoms with Crippen molar-refractivity contribution in [2.24, 2.45) is 0 Å². The number of ether oxygens (including phenoxy) is 1. The molecule has 0 saturated carbocycles. The average molecular weight is 308 g/mol. The number of fused-ring (bicyclic) bond motifs is 1. The summed E-state index contributed by atoms with van der Waals surface area (Å²) in [4.78, 5) is 22.0. The predicted octanol–water partition coefficient (Wildman–Crippen LogP) is 0.789. The Balaban J connectivity index is 1.60. The normalized spacial score (nSPS) is 22.3. The van der Waals surface area contributed by atoms with Crippen LogP contribution in [0, 0.1) is 5.82 Å². The lowest BCUT2D eigenvalue weighted by atomic mass is 10.1. The van der Waals surface area contributed by atoms with Crippen LogP contribution in [0.15, 0.2) is 18.5 Å². The van der Waals surface area contributed by atoms with Crippen molar-refractivity contribution >= 4 is 6.03 Å². The first kappa shape index (κ1) is 15.2. The van der Waals surface area contributed by atoms with Gasteiger partial charge in [0.2, 0.25) is 0 Å². The van der Waals surface area contributed by atoms with Gasteiger partial charge in [-0.1, -0.05) is 0 Å². The molecule has 2 fully saturated rings. The molecule has 3 heterocycles. The number of carbonyl (C=O) groups is 1. The van der Waals surface area contributed by atoms with Crippen molar-refractivity contribution in [1.82, 2.24) is 19.7 Å². The summed E-state index contributed by atoms with van der Waals surface area (Å²) in [6, 6.07) is 1.99. The molecule has 1 aromatic heterocycles. The van der Waals surface area contributed by atoms with Crippen LogP contribution in [0.2, 0.25) is 0 Å². The van der Waals surface area contributed by atoms with E-state index in [9.17, 15) is 9.18 Å². The zero-order valence-electron chi connectivity index (χ0n) is 12.7. The van der Waals surface area contributed by atoms with Crippen LogP contribution in [-0.2, 0) is 11.3 Å². The predicted molar refractivity (Wildman–Crippen MR) is 78.8 cm³/mol. The fourth-order valence-electron chi connectivity index (χ4n) is 3.15. The molecule has 2 saturated heterocycles. The Morgan fingerprint density at radius 1 is 1.41 bits per heavy atom. The molecule has 2 aliphatic rings. The highest BCUT2D eigenvalue weighted by Crippen LogP contribution is 2.22. The molecular weight excluding hydrogens is 287 g/mol. The van der Waals surface area contributed by atoms with Crippen molar-refractivity contribution in [2.75, 3.05) is 46.4 Å². The number of methoxy groups -OCH3 is 1. The van der Waals surface area contributed by atoms with Gasteiger partial charge in [-0.2, -0.15) is 0 Å². The van der Waals surface area contributed by atoms with E-state index in [1.165, 1.54) is 6.20 Å². The molecule has 0 N–H and O–H groups in total. The molecule has 0 aromatic carbocycles. The number of amides is 2. The van der Waals surface area contributed by atoms with E-state index in [-0.39, 0.29) is 17.9 Å². The minimum absolute atomic E-state index is 0.0943. The summed E-state index contributed by atoms with van der Waals surface area (Å²) in [5, 5.41) is 0. The lowest BCUT2D eigenvalue weighted by Gasteiger charge is -2.36. The summed E-state index contributed by atoms with van der Waals surface area (Å²) in [5.74, 6) is -0.269. The smallest absolute Gasteiger partial charge is 0.320 e. The minimum atomic E-state index is -0.269. The first-order chi connectivity index (χ1) is 10.7. The van der Waals surface area contributed by atoms with Gasteiger partial charge in [0.1, 0.15) is 5.82 Å². The highest BCUT2D eigenvalue weighted by molar-refractivity contribution is 5.77. The number of pyridine rings is 1. The Bertz CT molecular complexity index is 542. The van der Waals surface area contributed by atoms with Gasteiger partial charge in [0, 0.05) is 58.1 Å². The average Bonchev–Trinajstić information content (AvgIpc) is 2.83. The third-order valence-corrected chi connectivity index (χ3v) is 4.33. The van der Waals surface area contributed by atoms with Gasteiger partial charge >= 0.3 is 6.03 Å². The number of rotatable bonds is 5. The number of nitrogens with zero attached hydrogens (tertiary/aromatic N) is 4. The van der Waals surface area contributed by atoms with Gasteiger partial charge in [0.25, 0.3) is 0 Å². The second-order valence-electron chi connectivity index (χ2n) is 5.77. The lowest BCUT2D eigenvalue weighted by molar-refractivity contribution is 0.115. The van der Waals surface area contributed by atoms with E-state index in [1.807, 2.05) is 9.80 Å². The van der Waals surface area contributed by atoms with Crippen molar-refractivity contribution in [3.05, 3.63) is 29.8 Å². The van der Waals surface area contributed by atoms with E-state index in [2.05, 4.69) is 9.88 Å². The highest BCUT2D eigenvalue weighted by atomic mass is 19.1. The number of carbonyl (C=O) groups excluding carboxylic acids is 1. The van der Waals surface area contributed by atoms with Crippen LogP contribution in [-0.4, -0.2) is 78.2 Å². The van der Waals surface area contributed by atoms with Crippen LogP contribution in [0.25, 0.3) is 0 Å². The maximum absolute atomic E-state index is 13.7. The molecule has 1 atom stereocenters.